The number of para-hydroxylation sites is 4. The predicted molar refractivity (Wildman–Crippen MR) is 545 cm³/mol. The number of rotatable bonds is 39. The number of nitrogens with one attached hydrogen (secondary N) is 8. The van der Waals surface area contributed by atoms with Gasteiger partial charge in [-0.1, -0.05) is 100 Å². The Morgan fingerprint density at radius 3 is 0.986 bits per heavy atom. The van der Waals surface area contributed by atoms with Crippen LogP contribution in [0, 0.1) is 23.3 Å². The second-order valence-electron chi connectivity index (χ2n) is 35.1. The molecule has 4 unspecified atom stereocenters. The molecule has 20 rings (SSSR count). The van der Waals surface area contributed by atoms with Gasteiger partial charge < -0.3 is 69.0 Å². The van der Waals surface area contributed by atoms with Crippen LogP contribution in [-0.2, 0) is 44.6 Å². The molecule has 4 aromatic carbocycles. The molecule has 0 aliphatic carbocycles. The average molecular weight is 1870 g/mol. The van der Waals surface area contributed by atoms with Crippen molar-refractivity contribution in [3.8, 4) is 44.8 Å². The number of aromatic nitrogens is 18. The quantitative estimate of drug-likeness (QED) is 0.0131. The predicted octanol–water partition coefficient (Wildman–Crippen LogP) is 23.2. The first-order valence-corrected chi connectivity index (χ1v) is 47.5. The number of imidazole rings is 4. The molecule has 0 aliphatic rings. The van der Waals surface area contributed by atoms with E-state index in [0.717, 1.165) is 192 Å². The van der Waals surface area contributed by atoms with Crippen molar-refractivity contribution in [1.29, 1.82) is 0 Å². The standard InChI is InChI=1S/2C28H30FN5O.C27H29FN6O.C26H27FN6O/c1-19(6-5-11-35-2)27-17-33-28-26(13-22(18-34(27)28)21-12-23(29)16-30-14-21)31-10-9-20-15-32-25-8-4-3-7-24(20)25;1-3-35-11-9-19(2)27-17-33-28-26(13-22(18-34(27)28)21-12-23(29)16-30-14-21)31-10-8-20-15-32-25-7-5-4-6-24(20)25;1-18(6-5-11-35-2)25-16-32-27-26(30-10-9-19-14-31-23-8-4-3-7-22(19)23)33-24(17-34(25)27)20-12-21(28)15-29-13-20;1-17(8-10-34-2)24-15-31-26-25(29-9-7-18-13-30-22-6-4-3-5-21(18)22)32-23(16-33(24)26)19-11-20(27)14-28-12-19/h3-4,7-8,12-19,31-32H,5-6,9-11H2,1-2H3;4-7,12-19,31-32H,3,8-11H2,1-2H3;3-4,7-8,12-18,31H,5-6,9-11H2,1-2H3,(H,30,33);3-6,11-17,30H,7-10H2,1-2H3,(H,29,32). The fraction of sp³-hybridized carbons (Fsp3) is 0.284. The number of pyridine rings is 6. The fourth-order valence-corrected chi connectivity index (χ4v) is 18.0. The van der Waals surface area contributed by atoms with E-state index >= 15 is 0 Å². The van der Waals surface area contributed by atoms with E-state index in [1.807, 2.05) is 103 Å². The molecule has 20 aromatic rings. The van der Waals surface area contributed by atoms with Crippen molar-refractivity contribution >= 4 is 89.2 Å². The molecule has 0 radical (unpaired) electrons. The van der Waals surface area contributed by atoms with Crippen LogP contribution in [0.2, 0.25) is 0 Å². The maximum absolute atomic E-state index is 14.0. The summed E-state index contributed by atoms with van der Waals surface area (Å²) in [6.45, 7) is 17.1. The number of hydrogen-bond acceptors (Lipinski definition) is 18. The van der Waals surface area contributed by atoms with Crippen molar-refractivity contribution in [2.45, 2.75) is 122 Å². The van der Waals surface area contributed by atoms with Crippen LogP contribution in [0.15, 0.2) is 257 Å². The van der Waals surface area contributed by atoms with Gasteiger partial charge in [0.25, 0.3) is 0 Å². The fourth-order valence-electron chi connectivity index (χ4n) is 18.0. The first kappa shape index (κ1) is 95.7. The molecule has 30 heteroatoms. The summed E-state index contributed by atoms with van der Waals surface area (Å²) in [6, 6.07) is 43.2. The van der Waals surface area contributed by atoms with Gasteiger partial charge in [-0.15, -0.1) is 0 Å². The summed E-state index contributed by atoms with van der Waals surface area (Å²) >= 11 is 0. The summed E-state index contributed by atoms with van der Waals surface area (Å²) < 4.78 is 85.4. The lowest BCUT2D eigenvalue weighted by molar-refractivity contribution is 0.140. The van der Waals surface area contributed by atoms with Gasteiger partial charge in [0.1, 0.15) is 23.3 Å². The lowest BCUT2D eigenvalue weighted by Gasteiger charge is -2.15. The first-order valence-electron chi connectivity index (χ1n) is 47.5. The van der Waals surface area contributed by atoms with E-state index in [1.54, 1.807) is 46.1 Å². The highest BCUT2D eigenvalue weighted by Crippen LogP contribution is 2.37. The summed E-state index contributed by atoms with van der Waals surface area (Å²) in [6.07, 6.45) is 44.3. The van der Waals surface area contributed by atoms with Gasteiger partial charge in [0.2, 0.25) is 0 Å². The maximum atomic E-state index is 14.0. The van der Waals surface area contributed by atoms with Crippen molar-refractivity contribution in [3.05, 3.63) is 326 Å². The highest BCUT2D eigenvalue weighted by Gasteiger charge is 2.24. The van der Waals surface area contributed by atoms with Gasteiger partial charge in [-0.3, -0.25) is 28.7 Å². The Morgan fingerprint density at radius 2 is 0.640 bits per heavy atom. The third kappa shape index (κ3) is 23.0. The number of H-pyrrole nitrogens is 4. The molecule has 0 amide bonds. The molecule has 4 atom stereocenters. The zero-order valence-electron chi connectivity index (χ0n) is 79.4. The molecule has 0 fully saturated rings. The minimum atomic E-state index is -0.396. The van der Waals surface area contributed by atoms with Crippen molar-refractivity contribution in [3.63, 3.8) is 0 Å². The zero-order chi connectivity index (χ0) is 96.1. The highest BCUT2D eigenvalue weighted by molar-refractivity contribution is 5.87. The number of methoxy groups -OCH3 is 3. The molecule has 8 N–H and O–H groups in total. The van der Waals surface area contributed by atoms with Crippen molar-refractivity contribution in [1.82, 2.24) is 87.4 Å². The van der Waals surface area contributed by atoms with Crippen molar-refractivity contribution < 1.29 is 36.5 Å². The Balaban J connectivity index is 0.000000128. The van der Waals surface area contributed by atoms with E-state index in [-0.39, 0.29) is 29.4 Å². The van der Waals surface area contributed by atoms with Crippen LogP contribution in [0.4, 0.5) is 40.6 Å². The SMILES string of the molecule is CCOCCC(C)c1cnc2c(NCCc3c[nH]c4ccccc34)cc(-c3cncc(F)c3)cn12.COCCC(C)c1cnc2c(NCCc3c[nH]c4ccccc34)nc(-c3cncc(F)c3)cn12.COCCCC(C)c1cnc2c(NCCc3c[nH]c4ccccc34)cc(-c3cncc(F)c3)cn12.COCCCC(C)c1cnc2c(NCCc3c[nH]c4ccccc34)nc(-c3cncc(F)c3)cn12. The topological polar surface area (TPSA) is 295 Å². The number of fused-ring (bicyclic) bond motifs is 8. The molecule has 714 valence electrons. The van der Waals surface area contributed by atoms with E-state index in [1.165, 1.54) is 92.9 Å². The van der Waals surface area contributed by atoms with Crippen LogP contribution in [0.25, 0.3) is 111 Å². The summed E-state index contributed by atoms with van der Waals surface area (Å²) in [5.74, 6) is 0.910. The molecule has 0 spiro atoms. The monoisotopic (exact) mass is 1870 g/mol. The van der Waals surface area contributed by atoms with E-state index in [4.69, 9.17) is 43.9 Å². The van der Waals surface area contributed by atoms with Crippen molar-refractivity contribution in [2.24, 2.45) is 0 Å². The Hall–Kier alpha value is -15.0. The van der Waals surface area contributed by atoms with Crippen LogP contribution in [0.5, 0.6) is 0 Å². The van der Waals surface area contributed by atoms with E-state index in [2.05, 4.69) is 199 Å². The van der Waals surface area contributed by atoms with Gasteiger partial charge in [0.15, 0.2) is 34.2 Å². The molecule has 0 saturated carbocycles. The number of hydrogen-bond donors (Lipinski definition) is 8. The van der Waals surface area contributed by atoms with Crippen LogP contribution in [0.1, 0.15) is 142 Å². The summed E-state index contributed by atoms with van der Waals surface area (Å²) in [4.78, 5) is 57.9. The lowest BCUT2D eigenvalue weighted by Crippen LogP contribution is -2.10. The maximum Gasteiger partial charge on any atom is 0.180 e. The Bertz CT molecular complexity index is 6980. The van der Waals surface area contributed by atoms with E-state index in [9.17, 15) is 17.6 Å². The van der Waals surface area contributed by atoms with E-state index in [0.29, 0.717) is 73.0 Å². The Kier molecular flexibility index (Phi) is 31.5. The van der Waals surface area contributed by atoms with Gasteiger partial charge in [-0.25, -0.2) is 47.5 Å². The number of ether oxygens (including phenoxy) is 4. The molecule has 0 bridgehead atoms. The van der Waals surface area contributed by atoms with Crippen LogP contribution < -0.4 is 21.3 Å². The smallest absolute Gasteiger partial charge is 0.180 e. The Labute approximate surface area is 803 Å². The first-order chi connectivity index (χ1) is 68.0. The third-order valence-electron chi connectivity index (χ3n) is 25.5. The highest BCUT2D eigenvalue weighted by atomic mass is 19.1. The largest absolute Gasteiger partial charge is 0.385 e. The molecule has 16 heterocycles. The number of aromatic amines is 4. The summed E-state index contributed by atoms with van der Waals surface area (Å²) in [7, 11) is 5.15. The number of nitrogens with zero attached hydrogens (tertiary/aromatic N) is 14. The van der Waals surface area contributed by atoms with Gasteiger partial charge >= 0.3 is 0 Å². The van der Waals surface area contributed by atoms with Crippen LogP contribution >= 0.6 is 0 Å². The number of halogens is 4. The third-order valence-corrected chi connectivity index (χ3v) is 25.5. The van der Waals surface area contributed by atoms with Crippen molar-refractivity contribution in [2.75, 3.05) is 102 Å². The zero-order valence-corrected chi connectivity index (χ0v) is 79.4. The minimum Gasteiger partial charge on any atom is -0.385 e. The molecule has 139 heavy (non-hydrogen) atoms. The van der Waals surface area contributed by atoms with E-state index < -0.39 is 11.6 Å². The van der Waals surface area contributed by atoms with Crippen LogP contribution in [0.3, 0.4) is 0 Å². The number of anilines is 4. The minimum absolute atomic E-state index is 0.231. The molecular formula is C109H116F4N22O4. The van der Waals surface area contributed by atoms with Gasteiger partial charge in [0.05, 0.1) is 47.6 Å². The normalized spacial score (nSPS) is 12.4. The summed E-state index contributed by atoms with van der Waals surface area (Å²) in [5.41, 5.74) is 24.7. The molecule has 16 aromatic heterocycles. The van der Waals surface area contributed by atoms with Gasteiger partial charge in [-0.2, -0.15) is 0 Å². The lowest BCUT2D eigenvalue weighted by atomic mass is 10.0. The second kappa shape index (κ2) is 45.8. The second-order valence-corrected chi connectivity index (χ2v) is 35.1. The molecular weight excluding hydrogens is 1760 g/mol. The van der Waals surface area contributed by atoms with Gasteiger partial charge in [-0.05, 0) is 166 Å². The summed E-state index contributed by atoms with van der Waals surface area (Å²) in [5, 5.41) is 19.0. The number of benzene rings is 4. The van der Waals surface area contributed by atoms with Crippen LogP contribution in [-0.4, -0.2) is 168 Å². The average Bonchev–Trinajstić information content (AvgIpc) is 1.64. The molecule has 0 aliphatic heterocycles. The molecule has 0 saturated heterocycles. The Morgan fingerprint density at radius 1 is 0.331 bits per heavy atom. The van der Waals surface area contributed by atoms with Gasteiger partial charge in [0, 0.05) is 291 Å². The molecule has 26 nitrogen and oxygen atoms in total.